The fourth-order valence-corrected chi connectivity index (χ4v) is 3.74. The molecule has 0 aliphatic carbocycles. The summed E-state index contributed by atoms with van der Waals surface area (Å²) in [5.74, 6) is 0.243. The Bertz CT molecular complexity index is 635. The van der Waals surface area contributed by atoms with Crippen molar-refractivity contribution in [3.8, 4) is 0 Å². The molecule has 0 aliphatic rings. The number of thioether (sulfide) groups is 1. The lowest BCUT2D eigenvalue weighted by molar-refractivity contribution is -0.119. The van der Waals surface area contributed by atoms with E-state index in [2.05, 4.69) is 20.8 Å². The molecule has 2 N–H and O–H groups in total. The van der Waals surface area contributed by atoms with Crippen LogP contribution in [0, 0.1) is 0 Å². The molecule has 22 heavy (non-hydrogen) atoms. The quantitative estimate of drug-likeness (QED) is 0.742. The first-order chi connectivity index (χ1) is 10.6. The van der Waals surface area contributed by atoms with Crippen LogP contribution in [0.2, 0.25) is 5.02 Å². The summed E-state index contributed by atoms with van der Waals surface area (Å²) in [5.41, 5.74) is 0.910. The maximum absolute atomic E-state index is 12.0. The van der Waals surface area contributed by atoms with Crippen LogP contribution in [0.15, 0.2) is 28.6 Å². The highest BCUT2D eigenvalue weighted by atomic mass is 35.5. The van der Waals surface area contributed by atoms with Gasteiger partial charge >= 0.3 is 0 Å². The van der Waals surface area contributed by atoms with Crippen molar-refractivity contribution in [2.45, 2.75) is 24.2 Å². The minimum atomic E-state index is -0.131. The lowest BCUT2D eigenvalue weighted by Gasteiger charge is -2.15. The lowest BCUT2D eigenvalue weighted by atomic mass is 10.1. The summed E-state index contributed by atoms with van der Waals surface area (Å²) in [6, 6.07) is 7.37. The molecule has 2 aromatic rings. The number of carbonyl (C=O) groups excluding carboxylic acids is 1. The number of hydrogen-bond donors (Lipinski definition) is 2. The molecule has 0 saturated carbocycles. The Morgan fingerprint density at radius 1 is 1.41 bits per heavy atom. The number of anilines is 1. The number of aromatic nitrogens is 2. The highest BCUT2D eigenvalue weighted by Crippen LogP contribution is 2.26. The molecular formula is C14H17ClN4OS2. The summed E-state index contributed by atoms with van der Waals surface area (Å²) in [5, 5.41) is 15.5. The SMILES string of the molecule is CCNc1nnc(SCC(=O)NC(C)c2ccccc2Cl)s1. The molecule has 0 saturated heterocycles. The first kappa shape index (κ1) is 17.1. The van der Waals surface area contributed by atoms with E-state index >= 15 is 0 Å². The smallest absolute Gasteiger partial charge is 0.230 e. The van der Waals surface area contributed by atoms with E-state index in [1.165, 1.54) is 23.1 Å². The van der Waals surface area contributed by atoms with E-state index in [0.717, 1.165) is 21.6 Å². The van der Waals surface area contributed by atoms with Gasteiger partial charge in [-0.1, -0.05) is 52.9 Å². The largest absolute Gasteiger partial charge is 0.360 e. The van der Waals surface area contributed by atoms with E-state index in [1.807, 2.05) is 38.1 Å². The lowest BCUT2D eigenvalue weighted by Crippen LogP contribution is -2.28. The molecule has 0 radical (unpaired) electrons. The van der Waals surface area contributed by atoms with Gasteiger partial charge in [-0.3, -0.25) is 4.79 Å². The summed E-state index contributed by atoms with van der Waals surface area (Å²) in [4.78, 5) is 12.0. The van der Waals surface area contributed by atoms with Gasteiger partial charge in [0.2, 0.25) is 11.0 Å². The molecule has 118 valence electrons. The summed E-state index contributed by atoms with van der Waals surface area (Å²) < 4.78 is 0.775. The number of nitrogens with one attached hydrogen (secondary N) is 2. The van der Waals surface area contributed by atoms with Crippen molar-refractivity contribution in [2.24, 2.45) is 0 Å². The Balaban J connectivity index is 1.83. The summed E-state index contributed by atoms with van der Waals surface area (Å²) in [6.07, 6.45) is 0. The van der Waals surface area contributed by atoms with Gasteiger partial charge in [0.05, 0.1) is 11.8 Å². The average molecular weight is 357 g/mol. The van der Waals surface area contributed by atoms with Crippen LogP contribution in [0.3, 0.4) is 0 Å². The van der Waals surface area contributed by atoms with Gasteiger partial charge in [0.1, 0.15) is 0 Å². The summed E-state index contributed by atoms with van der Waals surface area (Å²) in [6.45, 7) is 4.71. The zero-order valence-corrected chi connectivity index (χ0v) is 14.7. The standard InChI is InChI=1S/C14H17ClN4OS2/c1-3-16-13-18-19-14(22-13)21-8-12(20)17-9(2)10-6-4-5-7-11(10)15/h4-7,9H,3,8H2,1-2H3,(H,16,18)(H,17,20). The van der Waals surface area contributed by atoms with Crippen LogP contribution in [-0.2, 0) is 4.79 Å². The van der Waals surface area contributed by atoms with Crippen molar-refractivity contribution < 1.29 is 4.79 Å². The fraction of sp³-hybridized carbons (Fsp3) is 0.357. The van der Waals surface area contributed by atoms with E-state index in [-0.39, 0.29) is 11.9 Å². The Morgan fingerprint density at radius 2 is 2.18 bits per heavy atom. The van der Waals surface area contributed by atoms with Gasteiger partial charge in [-0.05, 0) is 25.5 Å². The zero-order chi connectivity index (χ0) is 15.9. The Labute approximate surface area is 142 Å². The topological polar surface area (TPSA) is 66.9 Å². The van der Waals surface area contributed by atoms with Crippen molar-refractivity contribution in [1.82, 2.24) is 15.5 Å². The van der Waals surface area contributed by atoms with Gasteiger partial charge in [-0.25, -0.2) is 0 Å². The highest BCUT2D eigenvalue weighted by Gasteiger charge is 2.13. The Hall–Kier alpha value is -1.31. The van der Waals surface area contributed by atoms with Gasteiger partial charge in [0.25, 0.3) is 0 Å². The number of halogens is 1. The number of nitrogens with zero attached hydrogens (tertiary/aromatic N) is 2. The van der Waals surface area contributed by atoms with E-state index in [9.17, 15) is 4.79 Å². The second-order valence-corrected chi connectivity index (χ2v) is 7.11. The molecule has 1 aromatic carbocycles. The molecule has 1 atom stereocenters. The third-order valence-electron chi connectivity index (χ3n) is 2.81. The van der Waals surface area contributed by atoms with Gasteiger partial charge in [-0.2, -0.15) is 0 Å². The van der Waals surface area contributed by atoms with Gasteiger partial charge in [0, 0.05) is 11.6 Å². The highest BCUT2D eigenvalue weighted by molar-refractivity contribution is 8.01. The van der Waals surface area contributed by atoms with Crippen molar-refractivity contribution in [3.63, 3.8) is 0 Å². The number of benzene rings is 1. The second-order valence-electron chi connectivity index (χ2n) is 4.50. The predicted molar refractivity (Wildman–Crippen MR) is 92.8 cm³/mol. The number of rotatable bonds is 7. The normalized spacial score (nSPS) is 12.0. The maximum atomic E-state index is 12.0. The van der Waals surface area contributed by atoms with Crippen LogP contribution in [0.4, 0.5) is 5.13 Å². The van der Waals surface area contributed by atoms with Crippen LogP contribution in [0.1, 0.15) is 25.5 Å². The van der Waals surface area contributed by atoms with Crippen molar-refractivity contribution >= 4 is 45.7 Å². The van der Waals surface area contributed by atoms with Gasteiger partial charge in [-0.15, -0.1) is 10.2 Å². The zero-order valence-electron chi connectivity index (χ0n) is 12.3. The van der Waals surface area contributed by atoms with Crippen molar-refractivity contribution in [1.29, 1.82) is 0 Å². The first-order valence-electron chi connectivity index (χ1n) is 6.84. The third-order valence-corrected chi connectivity index (χ3v) is 5.17. The van der Waals surface area contributed by atoms with Crippen LogP contribution >= 0.6 is 34.7 Å². The fourth-order valence-electron chi connectivity index (χ4n) is 1.81. The molecule has 5 nitrogen and oxygen atoms in total. The molecule has 0 aliphatic heterocycles. The molecule has 1 amide bonds. The molecule has 2 rings (SSSR count). The monoisotopic (exact) mass is 356 g/mol. The first-order valence-corrected chi connectivity index (χ1v) is 9.02. The van der Waals surface area contributed by atoms with E-state index in [0.29, 0.717) is 10.8 Å². The Kier molecular flexibility index (Phi) is 6.48. The minimum Gasteiger partial charge on any atom is -0.360 e. The number of hydrogen-bond acceptors (Lipinski definition) is 6. The Morgan fingerprint density at radius 3 is 2.91 bits per heavy atom. The molecule has 1 unspecified atom stereocenters. The minimum absolute atomic E-state index is 0.0578. The third kappa shape index (κ3) is 4.86. The predicted octanol–water partition coefficient (Wildman–Crippen LogP) is 3.59. The molecule has 0 fully saturated rings. The molecule has 0 bridgehead atoms. The molecule has 8 heteroatoms. The molecule has 1 heterocycles. The van der Waals surface area contributed by atoms with E-state index in [4.69, 9.17) is 11.6 Å². The summed E-state index contributed by atoms with van der Waals surface area (Å²) >= 11 is 8.95. The molecular weight excluding hydrogens is 340 g/mol. The van der Waals surface area contributed by atoms with Crippen LogP contribution in [0.5, 0.6) is 0 Å². The number of amides is 1. The average Bonchev–Trinajstić information content (AvgIpc) is 2.93. The van der Waals surface area contributed by atoms with E-state index < -0.39 is 0 Å². The number of carbonyl (C=O) groups is 1. The summed E-state index contributed by atoms with van der Waals surface area (Å²) in [7, 11) is 0. The molecule has 1 aromatic heterocycles. The van der Waals surface area contributed by atoms with Crippen LogP contribution in [-0.4, -0.2) is 28.4 Å². The maximum Gasteiger partial charge on any atom is 0.230 e. The second kappa shape index (κ2) is 8.36. The van der Waals surface area contributed by atoms with Crippen molar-refractivity contribution in [3.05, 3.63) is 34.9 Å². The van der Waals surface area contributed by atoms with Gasteiger partial charge < -0.3 is 10.6 Å². The van der Waals surface area contributed by atoms with Crippen LogP contribution in [0.25, 0.3) is 0 Å². The van der Waals surface area contributed by atoms with E-state index in [1.54, 1.807) is 0 Å². The molecule has 0 spiro atoms. The van der Waals surface area contributed by atoms with Crippen LogP contribution < -0.4 is 10.6 Å². The van der Waals surface area contributed by atoms with Gasteiger partial charge in [0.15, 0.2) is 4.34 Å². The van der Waals surface area contributed by atoms with Crippen molar-refractivity contribution in [2.75, 3.05) is 17.6 Å².